The molecule has 5 N–H and O–H groups in total. The van der Waals surface area contributed by atoms with Gasteiger partial charge in [0.25, 0.3) is 0 Å². The summed E-state index contributed by atoms with van der Waals surface area (Å²) in [5.41, 5.74) is 8.06. The summed E-state index contributed by atoms with van der Waals surface area (Å²) in [6.07, 6.45) is 0. The first-order valence-corrected chi connectivity index (χ1v) is 5.72. The van der Waals surface area contributed by atoms with Gasteiger partial charge in [0, 0.05) is 39.2 Å². The summed E-state index contributed by atoms with van der Waals surface area (Å²) in [5, 5.41) is 0. The number of nitrogen functional groups attached to an aromatic ring is 2. The van der Waals surface area contributed by atoms with E-state index in [9.17, 15) is 4.79 Å². The molecule has 8 nitrogen and oxygen atoms in total. The Balaban J connectivity index is 2.09. The van der Waals surface area contributed by atoms with Crippen molar-refractivity contribution in [2.75, 3.05) is 42.2 Å². The van der Waals surface area contributed by atoms with Crippen molar-refractivity contribution in [1.82, 2.24) is 14.9 Å². The first-order valence-electron chi connectivity index (χ1n) is 5.72. The maximum absolute atomic E-state index is 11.2. The Bertz CT molecular complexity index is 442. The molecule has 0 spiro atoms. The molecule has 8 heteroatoms. The molecule has 0 radical (unpaired) electrons. The van der Waals surface area contributed by atoms with Crippen LogP contribution in [-0.4, -0.2) is 47.0 Å². The van der Waals surface area contributed by atoms with Gasteiger partial charge in [-0.1, -0.05) is 0 Å². The van der Waals surface area contributed by atoms with Gasteiger partial charge in [-0.15, -0.1) is 0 Å². The first kappa shape index (κ1) is 12.4. The van der Waals surface area contributed by atoms with Crippen LogP contribution < -0.4 is 21.9 Å². The third-order valence-electron chi connectivity index (χ3n) is 2.93. The van der Waals surface area contributed by atoms with Gasteiger partial charge in [-0.2, -0.15) is 9.97 Å². The molecule has 1 aliphatic heterocycles. The summed E-state index contributed by atoms with van der Waals surface area (Å²) in [6.45, 7) is 4.39. The lowest BCUT2D eigenvalue weighted by molar-refractivity contribution is -0.129. The Kier molecular flexibility index (Phi) is 3.47. The number of hydrogen-bond acceptors (Lipinski definition) is 7. The van der Waals surface area contributed by atoms with E-state index in [1.165, 1.54) is 0 Å². The molecule has 2 rings (SSSR count). The van der Waals surface area contributed by atoms with Crippen molar-refractivity contribution in [2.24, 2.45) is 5.84 Å². The molecule has 0 bridgehead atoms. The molecule has 1 saturated heterocycles. The minimum absolute atomic E-state index is 0.0983. The van der Waals surface area contributed by atoms with Crippen molar-refractivity contribution >= 4 is 23.5 Å². The molecular formula is C10H17N7O. The van der Waals surface area contributed by atoms with Crippen molar-refractivity contribution in [2.45, 2.75) is 6.92 Å². The summed E-state index contributed by atoms with van der Waals surface area (Å²) in [6, 6.07) is 1.74. The number of nitrogens with zero attached hydrogens (tertiary/aromatic N) is 4. The molecule has 18 heavy (non-hydrogen) atoms. The van der Waals surface area contributed by atoms with E-state index >= 15 is 0 Å². The number of anilines is 3. The van der Waals surface area contributed by atoms with Crippen LogP contribution in [0, 0.1) is 0 Å². The maximum atomic E-state index is 11.2. The number of piperazine rings is 1. The average Bonchev–Trinajstić information content (AvgIpc) is 2.38. The van der Waals surface area contributed by atoms with E-state index in [1.54, 1.807) is 13.0 Å². The van der Waals surface area contributed by atoms with Crippen molar-refractivity contribution in [3.63, 3.8) is 0 Å². The SMILES string of the molecule is CC(=O)N1CCN(c2cc(NN)nc(N)n2)CC1. The highest BCUT2D eigenvalue weighted by Gasteiger charge is 2.20. The largest absolute Gasteiger partial charge is 0.368 e. The van der Waals surface area contributed by atoms with Gasteiger partial charge in [-0.25, -0.2) is 5.84 Å². The minimum atomic E-state index is 0.0983. The van der Waals surface area contributed by atoms with Crippen LogP contribution in [0.4, 0.5) is 17.6 Å². The lowest BCUT2D eigenvalue weighted by Crippen LogP contribution is -2.48. The summed E-state index contributed by atoms with van der Waals surface area (Å²) >= 11 is 0. The second-order valence-electron chi connectivity index (χ2n) is 4.11. The van der Waals surface area contributed by atoms with Crippen LogP contribution >= 0.6 is 0 Å². The zero-order valence-corrected chi connectivity index (χ0v) is 10.3. The predicted molar refractivity (Wildman–Crippen MR) is 68.7 cm³/mol. The number of aromatic nitrogens is 2. The molecule has 1 aromatic heterocycles. The number of hydrazine groups is 1. The Morgan fingerprint density at radius 1 is 1.33 bits per heavy atom. The van der Waals surface area contributed by atoms with E-state index in [1.807, 2.05) is 4.90 Å². The van der Waals surface area contributed by atoms with Crippen LogP contribution in [0.25, 0.3) is 0 Å². The van der Waals surface area contributed by atoms with Crippen LogP contribution in [0.2, 0.25) is 0 Å². The molecule has 0 aromatic carbocycles. The van der Waals surface area contributed by atoms with Gasteiger partial charge in [-0.3, -0.25) is 4.79 Å². The number of rotatable bonds is 2. The normalized spacial score (nSPS) is 15.7. The number of carbonyl (C=O) groups excluding carboxylic acids is 1. The van der Waals surface area contributed by atoms with Crippen molar-refractivity contribution in [3.05, 3.63) is 6.07 Å². The molecule has 1 amide bonds. The average molecular weight is 251 g/mol. The lowest BCUT2D eigenvalue weighted by atomic mass is 10.3. The number of carbonyl (C=O) groups is 1. The van der Waals surface area contributed by atoms with Gasteiger partial charge >= 0.3 is 0 Å². The quantitative estimate of drug-likeness (QED) is 0.457. The zero-order valence-electron chi connectivity index (χ0n) is 10.3. The van der Waals surface area contributed by atoms with Gasteiger partial charge in [-0.05, 0) is 0 Å². The molecular weight excluding hydrogens is 234 g/mol. The van der Waals surface area contributed by atoms with E-state index < -0.39 is 0 Å². The van der Waals surface area contributed by atoms with Gasteiger partial charge in [0.2, 0.25) is 11.9 Å². The second-order valence-corrected chi connectivity index (χ2v) is 4.11. The summed E-state index contributed by atoms with van der Waals surface area (Å²) < 4.78 is 0. The molecule has 0 unspecified atom stereocenters. The van der Waals surface area contributed by atoms with E-state index in [2.05, 4.69) is 20.3 Å². The van der Waals surface area contributed by atoms with Crippen LogP contribution in [-0.2, 0) is 4.79 Å². The highest BCUT2D eigenvalue weighted by atomic mass is 16.2. The molecule has 0 saturated carbocycles. The fourth-order valence-electron chi connectivity index (χ4n) is 1.94. The fraction of sp³-hybridized carbons (Fsp3) is 0.500. The molecule has 0 aliphatic carbocycles. The number of nitrogens with one attached hydrogen (secondary N) is 1. The zero-order chi connectivity index (χ0) is 13.1. The molecule has 1 aliphatic rings. The predicted octanol–water partition coefficient (Wildman–Crippen LogP) is -0.987. The van der Waals surface area contributed by atoms with Gasteiger partial charge in [0.15, 0.2) is 0 Å². The summed E-state index contributed by atoms with van der Waals surface area (Å²) in [4.78, 5) is 23.2. The standard InChI is InChI=1S/C10H17N7O/c1-7(18)16-2-4-17(5-3-16)9-6-8(15-12)13-10(11)14-9/h6H,2-5,12H2,1H3,(H3,11,13,14,15). The van der Waals surface area contributed by atoms with Crippen LogP contribution in [0.5, 0.6) is 0 Å². The third-order valence-corrected chi connectivity index (χ3v) is 2.93. The first-order chi connectivity index (χ1) is 8.60. The van der Waals surface area contributed by atoms with Crippen LogP contribution in [0.3, 0.4) is 0 Å². The Morgan fingerprint density at radius 2 is 2.00 bits per heavy atom. The van der Waals surface area contributed by atoms with Gasteiger partial charge < -0.3 is 21.0 Å². The van der Waals surface area contributed by atoms with E-state index in [0.717, 1.165) is 18.9 Å². The number of nitrogens with two attached hydrogens (primary N) is 2. The van der Waals surface area contributed by atoms with Crippen molar-refractivity contribution < 1.29 is 4.79 Å². The van der Waals surface area contributed by atoms with Crippen molar-refractivity contribution in [3.8, 4) is 0 Å². The minimum Gasteiger partial charge on any atom is -0.368 e. The van der Waals surface area contributed by atoms with Crippen molar-refractivity contribution in [1.29, 1.82) is 0 Å². The Hall–Kier alpha value is -2.09. The molecule has 2 heterocycles. The van der Waals surface area contributed by atoms with E-state index in [0.29, 0.717) is 18.9 Å². The fourth-order valence-corrected chi connectivity index (χ4v) is 1.94. The molecule has 1 fully saturated rings. The molecule has 98 valence electrons. The van der Waals surface area contributed by atoms with Crippen LogP contribution in [0.15, 0.2) is 6.07 Å². The summed E-state index contributed by atoms with van der Waals surface area (Å²) in [7, 11) is 0. The van der Waals surface area contributed by atoms with E-state index in [-0.39, 0.29) is 11.9 Å². The number of hydrogen-bond donors (Lipinski definition) is 3. The van der Waals surface area contributed by atoms with Gasteiger partial charge in [0.1, 0.15) is 11.6 Å². The topological polar surface area (TPSA) is 113 Å². The highest BCUT2D eigenvalue weighted by Crippen LogP contribution is 2.18. The summed E-state index contributed by atoms with van der Waals surface area (Å²) in [5.74, 6) is 6.78. The molecule has 1 aromatic rings. The monoisotopic (exact) mass is 251 g/mol. The Labute approximate surface area is 105 Å². The highest BCUT2D eigenvalue weighted by molar-refractivity contribution is 5.73. The third kappa shape index (κ3) is 2.59. The lowest BCUT2D eigenvalue weighted by Gasteiger charge is -2.34. The molecule has 0 atom stereocenters. The number of amides is 1. The maximum Gasteiger partial charge on any atom is 0.223 e. The smallest absolute Gasteiger partial charge is 0.223 e. The second kappa shape index (κ2) is 5.05. The van der Waals surface area contributed by atoms with E-state index in [4.69, 9.17) is 11.6 Å². The van der Waals surface area contributed by atoms with Gasteiger partial charge in [0.05, 0.1) is 0 Å². The van der Waals surface area contributed by atoms with Crippen LogP contribution in [0.1, 0.15) is 6.92 Å². The Morgan fingerprint density at radius 3 is 2.56 bits per heavy atom.